The fraction of sp³-hybridized carbons (Fsp3) is 0.692. The van der Waals surface area contributed by atoms with Crippen molar-refractivity contribution < 1.29 is 34.8 Å². The molecule has 0 amide bonds. The van der Waals surface area contributed by atoms with Crippen LogP contribution in [0.4, 0.5) is 0 Å². The Morgan fingerprint density at radius 2 is 1.65 bits per heavy atom. The smallest absolute Gasteiger partial charge is 0.330 e. The van der Waals surface area contributed by atoms with E-state index < -0.39 is 35.0 Å². The number of ether oxygens (including phenoxy) is 1. The van der Waals surface area contributed by atoms with E-state index >= 15 is 0 Å². The van der Waals surface area contributed by atoms with Gasteiger partial charge in [0.05, 0.1) is 24.2 Å². The Kier molecular flexibility index (Phi) is 8.12. The molecule has 7 nitrogen and oxygen atoms in total. The lowest BCUT2D eigenvalue weighted by Gasteiger charge is -2.71. The maximum Gasteiger partial charge on any atom is 0.330 e. The minimum atomic E-state index is -1.02. The first-order chi connectivity index (χ1) is 21.5. The quantitative estimate of drug-likeness (QED) is 0.156. The van der Waals surface area contributed by atoms with Crippen LogP contribution in [0.5, 0.6) is 5.75 Å². The summed E-state index contributed by atoms with van der Waals surface area (Å²) >= 11 is 0. The molecule has 0 spiro atoms. The molecule has 4 fully saturated rings. The number of hydrogen-bond acceptors (Lipinski definition) is 6. The van der Waals surface area contributed by atoms with Crippen LogP contribution in [0.2, 0.25) is 0 Å². The van der Waals surface area contributed by atoms with E-state index in [1.807, 2.05) is 6.92 Å². The van der Waals surface area contributed by atoms with Crippen molar-refractivity contribution in [1.29, 1.82) is 0 Å². The number of carboxylic acids is 1. The molecule has 46 heavy (non-hydrogen) atoms. The minimum Gasteiger partial charge on any atom is -0.508 e. The van der Waals surface area contributed by atoms with Gasteiger partial charge in [-0.3, -0.25) is 4.79 Å². The highest BCUT2D eigenvalue weighted by Crippen LogP contribution is 2.75. The van der Waals surface area contributed by atoms with Crippen LogP contribution in [0.25, 0.3) is 6.08 Å². The summed E-state index contributed by atoms with van der Waals surface area (Å²) in [5, 5.41) is 43.1. The number of allylic oxidation sites excluding steroid dienone is 2. The first-order valence-electron chi connectivity index (χ1n) is 17.5. The summed E-state index contributed by atoms with van der Waals surface area (Å²) in [5.74, 6) is 0.0827. The van der Waals surface area contributed by atoms with Crippen LogP contribution >= 0.6 is 0 Å². The van der Waals surface area contributed by atoms with Gasteiger partial charge in [0.15, 0.2) is 0 Å². The van der Waals surface area contributed by atoms with Crippen molar-refractivity contribution in [2.45, 2.75) is 105 Å². The molecular weight excluding hydrogens is 580 g/mol. The zero-order valence-corrected chi connectivity index (χ0v) is 28.5. The molecule has 5 aliphatic carbocycles. The van der Waals surface area contributed by atoms with E-state index in [1.165, 1.54) is 11.6 Å². The number of benzene rings is 1. The van der Waals surface area contributed by atoms with Crippen LogP contribution in [0.1, 0.15) is 98.5 Å². The number of aromatic hydroxyl groups is 1. The molecule has 0 saturated heterocycles. The fourth-order valence-corrected chi connectivity index (χ4v) is 12.0. The number of phenolic OH excluding ortho intramolecular Hbond substituents is 1. The van der Waals surface area contributed by atoms with Gasteiger partial charge >= 0.3 is 11.9 Å². The Morgan fingerprint density at radius 3 is 2.33 bits per heavy atom. The van der Waals surface area contributed by atoms with Gasteiger partial charge in [0, 0.05) is 11.5 Å². The Balaban J connectivity index is 1.30. The van der Waals surface area contributed by atoms with E-state index in [9.17, 15) is 30.0 Å². The average Bonchev–Trinajstić information content (AvgIpc) is 3.00. The lowest BCUT2D eigenvalue weighted by Crippen LogP contribution is -2.68. The fourth-order valence-electron chi connectivity index (χ4n) is 12.0. The molecule has 1 aromatic rings. The van der Waals surface area contributed by atoms with Crippen molar-refractivity contribution in [3.05, 3.63) is 47.6 Å². The van der Waals surface area contributed by atoms with Gasteiger partial charge in [-0.25, -0.2) is 4.79 Å². The second-order valence-electron chi connectivity index (χ2n) is 16.9. The van der Waals surface area contributed by atoms with Gasteiger partial charge in [-0.1, -0.05) is 65.3 Å². The standard InChI is InChI=1S/C39H54O7/c1-23-15-18-39(34(44)45)20-19-37(5)27(32(39)24(23)2)12-13-30-35(3)21-28(41)33(43)36(4,29(35)16-17-38(30,37)6)22-46-31(42)14-9-25-7-10-26(40)11-8-25/h7-12,14,23-24,28-30,32-33,40-41,43H,13,15-22H2,1-6H3,(H,44,45)/b14-9-/t23-,24+,28-,29-,30-,32+,33+,35+,36+,37-,38-,39+/m1/s1. The number of carboxylic acid groups (broad SMARTS) is 1. The zero-order valence-electron chi connectivity index (χ0n) is 28.5. The normalized spacial score (nSPS) is 46.7. The Labute approximate surface area is 274 Å². The first-order valence-corrected chi connectivity index (χ1v) is 17.5. The molecule has 12 atom stereocenters. The summed E-state index contributed by atoms with van der Waals surface area (Å²) in [6, 6.07) is 6.53. The van der Waals surface area contributed by atoms with Crippen LogP contribution in [-0.4, -0.2) is 51.2 Å². The molecule has 7 heteroatoms. The van der Waals surface area contributed by atoms with E-state index in [-0.39, 0.29) is 46.4 Å². The molecule has 0 bridgehead atoms. The third kappa shape index (κ3) is 4.65. The summed E-state index contributed by atoms with van der Waals surface area (Å²) in [6.45, 7) is 13.7. The highest BCUT2D eigenvalue weighted by atomic mass is 16.5. The zero-order chi connectivity index (χ0) is 33.4. The van der Waals surface area contributed by atoms with Gasteiger partial charge in [-0.2, -0.15) is 0 Å². The monoisotopic (exact) mass is 634 g/mol. The van der Waals surface area contributed by atoms with E-state index in [0.717, 1.165) is 44.1 Å². The molecule has 252 valence electrons. The molecule has 0 unspecified atom stereocenters. The van der Waals surface area contributed by atoms with Gasteiger partial charge in [0.25, 0.3) is 0 Å². The van der Waals surface area contributed by atoms with Crippen LogP contribution in [0, 0.1) is 56.7 Å². The molecule has 4 saturated carbocycles. The van der Waals surface area contributed by atoms with Crippen molar-refractivity contribution in [3.63, 3.8) is 0 Å². The predicted molar refractivity (Wildman–Crippen MR) is 176 cm³/mol. The summed E-state index contributed by atoms with van der Waals surface area (Å²) in [7, 11) is 0. The summed E-state index contributed by atoms with van der Waals surface area (Å²) in [4.78, 5) is 25.9. The van der Waals surface area contributed by atoms with Crippen molar-refractivity contribution in [2.24, 2.45) is 56.7 Å². The van der Waals surface area contributed by atoms with E-state index in [0.29, 0.717) is 24.7 Å². The van der Waals surface area contributed by atoms with Gasteiger partial charge in [-0.05, 0) is 121 Å². The maximum atomic E-state index is 13.0. The number of esters is 1. The van der Waals surface area contributed by atoms with E-state index in [4.69, 9.17) is 4.74 Å². The van der Waals surface area contributed by atoms with Crippen molar-refractivity contribution in [2.75, 3.05) is 6.61 Å². The van der Waals surface area contributed by atoms with Crippen LogP contribution < -0.4 is 0 Å². The predicted octanol–water partition coefficient (Wildman–Crippen LogP) is 7.00. The lowest BCUT2D eigenvalue weighted by molar-refractivity contribution is -0.245. The van der Waals surface area contributed by atoms with Gasteiger partial charge < -0.3 is 25.2 Å². The number of fused-ring (bicyclic) bond motifs is 7. The molecule has 1 aromatic carbocycles. The average molecular weight is 635 g/mol. The van der Waals surface area contributed by atoms with Crippen LogP contribution in [0.15, 0.2) is 42.0 Å². The van der Waals surface area contributed by atoms with E-state index in [2.05, 4.69) is 40.7 Å². The summed E-state index contributed by atoms with van der Waals surface area (Å²) in [5.41, 5.74) is 0.0419. The molecule has 0 aromatic heterocycles. The van der Waals surface area contributed by atoms with Crippen LogP contribution in [0.3, 0.4) is 0 Å². The highest BCUT2D eigenvalue weighted by Gasteiger charge is 2.71. The van der Waals surface area contributed by atoms with Gasteiger partial charge in [0.2, 0.25) is 0 Å². The number of carbonyl (C=O) groups excluding carboxylic acids is 1. The minimum absolute atomic E-state index is 0.00460. The molecule has 0 heterocycles. The number of carbonyl (C=O) groups is 2. The largest absolute Gasteiger partial charge is 0.508 e. The Morgan fingerprint density at radius 1 is 0.957 bits per heavy atom. The first kappa shape index (κ1) is 33.3. The number of hydrogen-bond donors (Lipinski definition) is 4. The summed E-state index contributed by atoms with van der Waals surface area (Å²) in [6.07, 6.45) is 9.80. The van der Waals surface area contributed by atoms with Crippen molar-refractivity contribution in [3.8, 4) is 5.75 Å². The molecule has 0 aliphatic heterocycles. The van der Waals surface area contributed by atoms with Crippen molar-refractivity contribution >= 4 is 18.0 Å². The number of aliphatic hydroxyl groups excluding tert-OH is 2. The SMILES string of the molecule is C[C@H]1[C@H](C)CC[C@]2(C(=O)O)CC[C@]3(C)C(=CC[C@@H]4[C@@]5(C)C[C@@H](O)[C@H](O)[C@@](C)(COC(=O)/C=C\c6ccc(O)cc6)[C@@H]5CC[C@]43C)[C@H]12. The topological polar surface area (TPSA) is 124 Å². The second-order valence-corrected chi connectivity index (χ2v) is 16.9. The highest BCUT2D eigenvalue weighted by molar-refractivity contribution is 5.87. The molecule has 6 rings (SSSR count). The number of aliphatic hydroxyl groups is 2. The number of aliphatic carboxylic acids is 1. The van der Waals surface area contributed by atoms with Gasteiger partial charge in [0.1, 0.15) is 5.75 Å². The number of phenols is 1. The third-order valence-corrected chi connectivity index (χ3v) is 15.0. The van der Waals surface area contributed by atoms with Gasteiger partial charge in [-0.15, -0.1) is 0 Å². The molecule has 0 radical (unpaired) electrons. The van der Waals surface area contributed by atoms with Crippen molar-refractivity contribution in [1.82, 2.24) is 0 Å². The van der Waals surface area contributed by atoms with Crippen LogP contribution in [-0.2, 0) is 14.3 Å². The second kappa shape index (κ2) is 11.2. The molecule has 5 aliphatic rings. The third-order valence-electron chi connectivity index (χ3n) is 15.0. The lowest BCUT2D eigenvalue weighted by atomic mass is 9.33. The molecular formula is C39H54O7. The Hall–Kier alpha value is -2.64. The Bertz CT molecular complexity index is 1430. The molecule has 4 N–H and O–H groups in total. The number of rotatable bonds is 5. The maximum absolute atomic E-state index is 13.0. The van der Waals surface area contributed by atoms with E-state index in [1.54, 1.807) is 30.3 Å². The summed E-state index contributed by atoms with van der Waals surface area (Å²) < 4.78 is 5.81.